The second-order valence-electron chi connectivity index (χ2n) is 4.24. The molecule has 0 unspecified atom stereocenters. The van der Waals surface area contributed by atoms with E-state index < -0.39 is 9.84 Å². The molecule has 0 aliphatic heterocycles. The summed E-state index contributed by atoms with van der Waals surface area (Å²) in [5, 5.41) is 3.93. The maximum atomic E-state index is 11.6. The fraction of sp³-hybridized carbons (Fsp3) is 0.0769. The summed E-state index contributed by atoms with van der Waals surface area (Å²) < 4.78 is 23.2. The summed E-state index contributed by atoms with van der Waals surface area (Å²) in [4.78, 5) is 0.0765. The molecule has 4 nitrogen and oxygen atoms in total. The molecular weight excluding hydrogens is 319 g/mol. The lowest BCUT2D eigenvalue weighted by Gasteiger charge is -2.13. The van der Waals surface area contributed by atoms with Gasteiger partial charge in [-0.05, 0) is 30.3 Å². The first-order valence-corrected chi connectivity index (χ1v) is 8.24. The highest BCUT2D eigenvalue weighted by molar-refractivity contribution is 7.90. The molecule has 2 rings (SSSR count). The smallest absolute Gasteiger partial charge is 0.177 e. The Balaban J connectivity index is 2.45. The minimum absolute atomic E-state index is 0.0765. The third-order valence-electron chi connectivity index (χ3n) is 2.67. The molecule has 3 N–H and O–H groups in total. The van der Waals surface area contributed by atoms with Crippen LogP contribution in [0.2, 0.25) is 10.0 Å². The van der Waals surface area contributed by atoms with Gasteiger partial charge in [-0.2, -0.15) is 0 Å². The van der Waals surface area contributed by atoms with E-state index in [1.165, 1.54) is 6.07 Å². The van der Waals surface area contributed by atoms with Crippen LogP contribution in [-0.4, -0.2) is 14.7 Å². The van der Waals surface area contributed by atoms with Crippen LogP contribution in [-0.2, 0) is 9.84 Å². The Morgan fingerprint density at radius 1 is 1.10 bits per heavy atom. The van der Waals surface area contributed by atoms with Crippen molar-refractivity contribution in [1.82, 2.24) is 0 Å². The van der Waals surface area contributed by atoms with E-state index in [4.69, 9.17) is 28.9 Å². The lowest BCUT2D eigenvalue weighted by atomic mass is 10.2. The van der Waals surface area contributed by atoms with Crippen molar-refractivity contribution in [3.63, 3.8) is 0 Å². The van der Waals surface area contributed by atoms with E-state index in [9.17, 15) is 8.42 Å². The molecule has 2 aromatic carbocycles. The van der Waals surface area contributed by atoms with Crippen molar-refractivity contribution in [1.29, 1.82) is 0 Å². The van der Waals surface area contributed by atoms with Crippen LogP contribution in [0.5, 0.6) is 0 Å². The highest BCUT2D eigenvalue weighted by atomic mass is 35.5. The molecule has 106 valence electrons. The normalized spacial score (nSPS) is 11.3. The largest absolute Gasteiger partial charge is 0.396 e. The molecule has 0 saturated carbocycles. The van der Waals surface area contributed by atoms with Crippen molar-refractivity contribution >= 4 is 50.1 Å². The van der Waals surface area contributed by atoms with Gasteiger partial charge in [0.15, 0.2) is 9.84 Å². The second-order valence-corrected chi connectivity index (χ2v) is 7.07. The third-order valence-corrected chi connectivity index (χ3v) is 4.37. The van der Waals surface area contributed by atoms with E-state index in [0.717, 1.165) is 6.26 Å². The van der Waals surface area contributed by atoms with Gasteiger partial charge in [0.25, 0.3) is 0 Å². The fourth-order valence-electron chi connectivity index (χ4n) is 1.71. The van der Waals surface area contributed by atoms with E-state index in [2.05, 4.69) is 5.32 Å². The van der Waals surface area contributed by atoms with Gasteiger partial charge in [0.05, 0.1) is 27.0 Å². The lowest BCUT2D eigenvalue weighted by molar-refractivity contribution is 0.602. The molecule has 0 heterocycles. The van der Waals surface area contributed by atoms with E-state index in [0.29, 0.717) is 21.4 Å². The summed E-state index contributed by atoms with van der Waals surface area (Å²) in [6, 6.07) is 9.69. The number of hydrogen-bond donors (Lipinski definition) is 2. The number of nitrogens with one attached hydrogen (secondary N) is 1. The number of nitrogen functional groups attached to an aromatic ring is 1. The van der Waals surface area contributed by atoms with Crippen molar-refractivity contribution in [2.45, 2.75) is 4.90 Å². The van der Waals surface area contributed by atoms with Gasteiger partial charge in [-0.1, -0.05) is 29.3 Å². The van der Waals surface area contributed by atoms with Gasteiger partial charge in [0.2, 0.25) is 0 Å². The van der Waals surface area contributed by atoms with Crippen LogP contribution in [0.3, 0.4) is 0 Å². The van der Waals surface area contributed by atoms with Crippen molar-refractivity contribution < 1.29 is 8.42 Å². The number of sulfone groups is 1. The van der Waals surface area contributed by atoms with Gasteiger partial charge in [0.1, 0.15) is 0 Å². The molecule has 0 amide bonds. The summed E-state index contributed by atoms with van der Waals surface area (Å²) in [5.41, 5.74) is 7.10. The Bertz CT molecular complexity index is 761. The van der Waals surface area contributed by atoms with Gasteiger partial charge < -0.3 is 11.1 Å². The number of anilines is 3. The molecule has 0 saturated heterocycles. The highest BCUT2D eigenvalue weighted by Gasteiger charge is 2.14. The number of para-hydroxylation sites is 1. The summed E-state index contributed by atoms with van der Waals surface area (Å²) in [6.45, 7) is 0. The predicted molar refractivity (Wildman–Crippen MR) is 83.7 cm³/mol. The number of hydrogen-bond acceptors (Lipinski definition) is 4. The van der Waals surface area contributed by atoms with Crippen LogP contribution in [0.15, 0.2) is 41.3 Å². The Kier molecular flexibility index (Phi) is 4.13. The van der Waals surface area contributed by atoms with Crippen LogP contribution in [0.1, 0.15) is 0 Å². The standard InChI is InChI=1S/C13H12Cl2N2O2S/c1-20(18,19)12-4-2-3-11(13(12)16)17-10-6-5-8(14)7-9(10)15/h2-7,17H,16H2,1H3. The molecule has 0 fully saturated rings. The zero-order valence-corrected chi connectivity index (χ0v) is 12.9. The molecule has 0 bridgehead atoms. The number of rotatable bonds is 3. The Labute approximate surface area is 127 Å². The Hall–Kier alpha value is -1.43. The first kappa shape index (κ1) is 15.0. The van der Waals surface area contributed by atoms with Crippen LogP contribution in [0.25, 0.3) is 0 Å². The van der Waals surface area contributed by atoms with E-state index >= 15 is 0 Å². The SMILES string of the molecule is CS(=O)(=O)c1cccc(Nc2ccc(Cl)cc2Cl)c1N. The molecule has 0 radical (unpaired) electrons. The minimum Gasteiger partial charge on any atom is -0.396 e. The van der Waals surface area contributed by atoms with E-state index in [1.54, 1.807) is 30.3 Å². The second kappa shape index (κ2) is 5.52. The first-order chi connectivity index (χ1) is 9.29. The predicted octanol–water partition coefficient (Wildman–Crippen LogP) is 3.72. The average molecular weight is 331 g/mol. The summed E-state index contributed by atoms with van der Waals surface area (Å²) in [5.74, 6) is 0. The summed E-state index contributed by atoms with van der Waals surface area (Å²) in [6.07, 6.45) is 1.11. The zero-order chi connectivity index (χ0) is 14.9. The van der Waals surface area contributed by atoms with Crippen molar-refractivity contribution in [3.8, 4) is 0 Å². The van der Waals surface area contributed by atoms with Gasteiger partial charge >= 0.3 is 0 Å². The minimum atomic E-state index is -3.38. The molecule has 2 aromatic rings. The lowest BCUT2D eigenvalue weighted by Crippen LogP contribution is -2.05. The Morgan fingerprint density at radius 3 is 2.40 bits per heavy atom. The molecule has 0 spiro atoms. The van der Waals surface area contributed by atoms with Crippen LogP contribution in [0, 0.1) is 0 Å². The monoisotopic (exact) mass is 330 g/mol. The quantitative estimate of drug-likeness (QED) is 0.841. The number of halogens is 2. The molecule has 20 heavy (non-hydrogen) atoms. The van der Waals surface area contributed by atoms with Crippen LogP contribution in [0.4, 0.5) is 17.1 Å². The molecule has 0 atom stereocenters. The van der Waals surface area contributed by atoms with Gasteiger partial charge in [-0.25, -0.2) is 8.42 Å². The first-order valence-electron chi connectivity index (χ1n) is 5.59. The van der Waals surface area contributed by atoms with Crippen molar-refractivity contribution in [2.24, 2.45) is 0 Å². The summed E-state index contributed by atoms with van der Waals surface area (Å²) >= 11 is 11.9. The third kappa shape index (κ3) is 3.17. The maximum absolute atomic E-state index is 11.6. The number of nitrogens with two attached hydrogens (primary N) is 1. The van der Waals surface area contributed by atoms with Gasteiger partial charge in [-0.15, -0.1) is 0 Å². The van der Waals surface area contributed by atoms with Crippen LogP contribution >= 0.6 is 23.2 Å². The topological polar surface area (TPSA) is 72.2 Å². The van der Waals surface area contributed by atoms with Crippen LogP contribution < -0.4 is 11.1 Å². The molecule has 0 aliphatic rings. The molecule has 7 heteroatoms. The molecular formula is C13H12Cl2N2O2S. The van der Waals surface area contributed by atoms with Crippen molar-refractivity contribution in [3.05, 3.63) is 46.4 Å². The highest BCUT2D eigenvalue weighted by Crippen LogP contribution is 2.33. The summed E-state index contributed by atoms with van der Waals surface area (Å²) in [7, 11) is -3.38. The van der Waals surface area contributed by atoms with Crippen molar-refractivity contribution in [2.75, 3.05) is 17.3 Å². The Morgan fingerprint density at radius 2 is 1.80 bits per heavy atom. The maximum Gasteiger partial charge on any atom is 0.177 e. The molecule has 0 aliphatic carbocycles. The number of benzene rings is 2. The van der Waals surface area contributed by atoms with Gasteiger partial charge in [0, 0.05) is 11.3 Å². The average Bonchev–Trinajstić information content (AvgIpc) is 2.33. The fourth-order valence-corrected chi connectivity index (χ4v) is 3.00. The zero-order valence-electron chi connectivity index (χ0n) is 10.5. The van der Waals surface area contributed by atoms with E-state index in [-0.39, 0.29) is 10.6 Å². The van der Waals surface area contributed by atoms with Gasteiger partial charge in [-0.3, -0.25) is 0 Å². The molecule has 0 aromatic heterocycles. The van der Waals surface area contributed by atoms with E-state index in [1.807, 2.05) is 0 Å².